The van der Waals surface area contributed by atoms with Crippen LogP contribution in [0.15, 0.2) is 48.5 Å². The van der Waals surface area contributed by atoms with Gasteiger partial charge in [-0.05, 0) is 56.1 Å². The normalized spacial score (nSPS) is 14.2. The van der Waals surface area contributed by atoms with Crippen LogP contribution in [-0.2, 0) is 17.9 Å². The Labute approximate surface area is 178 Å². The van der Waals surface area contributed by atoms with Crippen LogP contribution in [0, 0.1) is 0 Å². The summed E-state index contributed by atoms with van der Waals surface area (Å²) in [4.78, 5) is 27.2. The lowest BCUT2D eigenvalue weighted by Gasteiger charge is -2.27. The molecule has 0 atom stereocenters. The van der Waals surface area contributed by atoms with Gasteiger partial charge in [0.05, 0.1) is 18.7 Å². The van der Waals surface area contributed by atoms with E-state index >= 15 is 0 Å². The van der Waals surface area contributed by atoms with Gasteiger partial charge in [0.15, 0.2) is 0 Å². The number of carbonyl (C=O) groups excluding carboxylic acids is 2. The lowest BCUT2D eigenvalue weighted by Crippen LogP contribution is -2.37. The van der Waals surface area contributed by atoms with Crippen molar-refractivity contribution in [3.8, 4) is 5.75 Å². The van der Waals surface area contributed by atoms with Crippen molar-refractivity contribution in [2.75, 3.05) is 26.2 Å². The lowest BCUT2D eigenvalue weighted by molar-refractivity contribution is -0.120. The van der Waals surface area contributed by atoms with Gasteiger partial charge in [0.2, 0.25) is 5.91 Å². The van der Waals surface area contributed by atoms with E-state index < -0.39 is 0 Å². The van der Waals surface area contributed by atoms with E-state index in [1.165, 1.54) is 24.8 Å². The highest BCUT2D eigenvalue weighted by atomic mass is 16.5. The molecule has 1 fully saturated rings. The molecule has 2 N–H and O–H groups in total. The first-order valence-corrected chi connectivity index (χ1v) is 10.7. The highest BCUT2D eigenvalue weighted by molar-refractivity contribution is 5.98. The number of hydrogen-bond donors (Lipinski definition) is 2. The van der Waals surface area contributed by atoms with Crippen molar-refractivity contribution < 1.29 is 14.3 Å². The molecule has 1 heterocycles. The molecule has 2 amide bonds. The second kappa shape index (κ2) is 11.4. The van der Waals surface area contributed by atoms with Crippen molar-refractivity contribution >= 4 is 11.8 Å². The monoisotopic (exact) mass is 409 g/mol. The smallest absolute Gasteiger partial charge is 0.255 e. The van der Waals surface area contributed by atoms with Crippen molar-refractivity contribution in [1.82, 2.24) is 15.5 Å². The second-order valence-electron chi connectivity index (χ2n) is 7.49. The van der Waals surface area contributed by atoms with Gasteiger partial charge in [-0.2, -0.15) is 0 Å². The molecule has 160 valence electrons. The van der Waals surface area contributed by atoms with Crippen LogP contribution in [0.1, 0.15) is 47.7 Å². The Balaban J connectivity index is 1.50. The fraction of sp³-hybridized carbons (Fsp3) is 0.417. The van der Waals surface area contributed by atoms with Crippen molar-refractivity contribution in [2.45, 2.75) is 39.3 Å². The van der Waals surface area contributed by atoms with Gasteiger partial charge in [0.25, 0.3) is 5.91 Å². The average Bonchev–Trinajstić information content (AvgIpc) is 2.78. The van der Waals surface area contributed by atoms with E-state index in [9.17, 15) is 9.59 Å². The van der Waals surface area contributed by atoms with Gasteiger partial charge in [0, 0.05) is 13.1 Å². The fourth-order valence-corrected chi connectivity index (χ4v) is 3.69. The number of benzene rings is 2. The van der Waals surface area contributed by atoms with Gasteiger partial charge in [-0.1, -0.05) is 42.8 Å². The molecule has 0 aliphatic carbocycles. The molecule has 0 unspecified atom stereocenters. The van der Waals surface area contributed by atoms with Crippen LogP contribution in [0.5, 0.6) is 5.75 Å². The van der Waals surface area contributed by atoms with Crippen LogP contribution >= 0.6 is 0 Å². The molecule has 3 rings (SSSR count). The third-order valence-corrected chi connectivity index (χ3v) is 5.28. The zero-order chi connectivity index (χ0) is 21.2. The van der Waals surface area contributed by atoms with E-state index in [0.29, 0.717) is 24.5 Å². The number of likely N-dealkylation sites (tertiary alicyclic amines) is 1. The average molecular weight is 410 g/mol. The Hall–Kier alpha value is -2.86. The van der Waals surface area contributed by atoms with E-state index in [1.54, 1.807) is 18.2 Å². The third kappa shape index (κ3) is 6.32. The zero-order valence-corrected chi connectivity index (χ0v) is 17.7. The molecule has 0 saturated carbocycles. The van der Waals surface area contributed by atoms with Crippen molar-refractivity contribution in [2.24, 2.45) is 0 Å². The number of rotatable bonds is 9. The molecule has 0 radical (unpaired) electrons. The predicted molar refractivity (Wildman–Crippen MR) is 117 cm³/mol. The maximum atomic E-state index is 12.4. The first kappa shape index (κ1) is 21.8. The molecule has 1 aliphatic heterocycles. The largest absolute Gasteiger partial charge is 0.493 e. The number of ether oxygens (including phenoxy) is 1. The first-order chi connectivity index (χ1) is 14.7. The Bertz CT molecular complexity index is 847. The van der Waals surface area contributed by atoms with Crippen molar-refractivity contribution in [3.05, 3.63) is 65.2 Å². The minimum absolute atomic E-state index is 0.0758. The van der Waals surface area contributed by atoms with E-state index in [4.69, 9.17) is 4.74 Å². The van der Waals surface area contributed by atoms with Gasteiger partial charge in [0.1, 0.15) is 5.75 Å². The highest BCUT2D eigenvalue weighted by Gasteiger charge is 2.14. The van der Waals surface area contributed by atoms with Crippen LogP contribution in [0.4, 0.5) is 0 Å². The number of amides is 2. The molecule has 6 heteroatoms. The summed E-state index contributed by atoms with van der Waals surface area (Å²) in [5.74, 6) is -0.0192. The molecule has 2 aromatic rings. The van der Waals surface area contributed by atoms with Crippen LogP contribution in [-0.4, -0.2) is 43.0 Å². The number of para-hydroxylation sites is 1. The van der Waals surface area contributed by atoms with Gasteiger partial charge in [-0.25, -0.2) is 0 Å². The summed E-state index contributed by atoms with van der Waals surface area (Å²) >= 11 is 0. The van der Waals surface area contributed by atoms with E-state index in [0.717, 1.165) is 25.2 Å². The summed E-state index contributed by atoms with van der Waals surface area (Å²) in [7, 11) is 0. The van der Waals surface area contributed by atoms with Crippen LogP contribution in [0.3, 0.4) is 0 Å². The first-order valence-electron chi connectivity index (χ1n) is 10.7. The molecular formula is C24H31N3O3. The Kier molecular flexibility index (Phi) is 8.27. The zero-order valence-electron chi connectivity index (χ0n) is 17.7. The topological polar surface area (TPSA) is 70.7 Å². The Morgan fingerprint density at radius 1 is 0.933 bits per heavy atom. The summed E-state index contributed by atoms with van der Waals surface area (Å²) in [6.45, 7) is 5.90. The summed E-state index contributed by atoms with van der Waals surface area (Å²) in [5.41, 5.74) is 2.79. The lowest BCUT2D eigenvalue weighted by atomic mass is 10.0. The minimum atomic E-state index is -0.320. The van der Waals surface area contributed by atoms with Gasteiger partial charge < -0.3 is 15.4 Å². The van der Waals surface area contributed by atoms with Crippen molar-refractivity contribution in [3.63, 3.8) is 0 Å². The quantitative estimate of drug-likeness (QED) is 0.668. The molecule has 6 nitrogen and oxygen atoms in total. The number of carbonyl (C=O) groups is 2. The number of piperidine rings is 1. The molecule has 0 bridgehead atoms. The van der Waals surface area contributed by atoms with Crippen LogP contribution in [0.25, 0.3) is 0 Å². The van der Waals surface area contributed by atoms with E-state index in [2.05, 4.69) is 27.7 Å². The van der Waals surface area contributed by atoms with Gasteiger partial charge in [-0.15, -0.1) is 0 Å². The predicted octanol–water partition coefficient (Wildman–Crippen LogP) is 3.12. The summed E-state index contributed by atoms with van der Waals surface area (Å²) in [6.07, 6.45) is 3.82. The number of nitrogens with one attached hydrogen (secondary N) is 2. The van der Waals surface area contributed by atoms with Crippen LogP contribution < -0.4 is 15.4 Å². The third-order valence-electron chi connectivity index (χ3n) is 5.28. The van der Waals surface area contributed by atoms with Gasteiger partial charge in [-0.3, -0.25) is 14.5 Å². The molecule has 2 aromatic carbocycles. The van der Waals surface area contributed by atoms with E-state index in [1.807, 2.05) is 25.1 Å². The highest BCUT2D eigenvalue weighted by Crippen LogP contribution is 2.18. The molecule has 1 saturated heterocycles. The summed E-state index contributed by atoms with van der Waals surface area (Å²) in [5, 5.41) is 5.59. The van der Waals surface area contributed by atoms with E-state index in [-0.39, 0.29) is 18.4 Å². The molecule has 0 spiro atoms. The second-order valence-corrected chi connectivity index (χ2v) is 7.49. The van der Waals surface area contributed by atoms with Crippen molar-refractivity contribution in [1.29, 1.82) is 0 Å². The van der Waals surface area contributed by atoms with Crippen LogP contribution in [0.2, 0.25) is 0 Å². The Morgan fingerprint density at radius 2 is 1.63 bits per heavy atom. The maximum absolute atomic E-state index is 12.4. The number of hydrogen-bond acceptors (Lipinski definition) is 4. The SMILES string of the molecule is CCOc1ccccc1C(=O)NCC(=O)NCc1ccccc1CN1CCCCC1. The maximum Gasteiger partial charge on any atom is 0.255 e. The fourth-order valence-electron chi connectivity index (χ4n) is 3.69. The molecular weight excluding hydrogens is 378 g/mol. The molecule has 30 heavy (non-hydrogen) atoms. The minimum Gasteiger partial charge on any atom is -0.493 e. The number of nitrogens with zero attached hydrogens (tertiary/aromatic N) is 1. The summed E-state index contributed by atoms with van der Waals surface area (Å²) < 4.78 is 5.48. The summed E-state index contributed by atoms with van der Waals surface area (Å²) in [6, 6.07) is 15.2. The van der Waals surface area contributed by atoms with Gasteiger partial charge >= 0.3 is 0 Å². The molecule has 1 aliphatic rings. The standard InChI is InChI=1S/C24H31N3O3/c1-2-30-22-13-7-6-12-21(22)24(29)26-17-23(28)25-16-19-10-4-5-11-20(19)18-27-14-8-3-9-15-27/h4-7,10-13H,2-3,8-9,14-18H2,1H3,(H,25,28)(H,26,29). The molecule has 0 aromatic heterocycles. The Morgan fingerprint density at radius 3 is 2.40 bits per heavy atom.